The number of nitrogens with one attached hydrogen (secondary N) is 3. The summed E-state index contributed by atoms with van der Waals surface area (Å²) < 4.78 is 5.53. The highest BCUT2D eigenvalue weighted by Gasteiger charge is 2.55. The highest BCUT2D eigenvalue weighted by molar-refractivity contribution is 6.07. The quantitative estimate of drug-likeness (QED) is 0.580. The Balaban J connectivity index is 1.33. The SMILES string of the molecule is COc1ccc(C)cc1C[NH+]1CC[NH+](CN2C(=O)N[C@]3(CCCC[C@H]3C)C2=O)CC1. The van der Waals surface area contributed by atoms with Gasteiger partial charge in [0.1, 0.15) is 44.0 Å². The minimum atomic E-state index is -0.649. The molecule has 0 aromatic heterocycles. The Morgan fingerprint density at radius 1 is 1.17 bits per heavy atom. The molecule has 4 rings (SSSR count). The van der Waals surface area contributed by atoms with E-state index < -0.39 is 5.54 Å². The zero-order valence-electron chi connectivity index (χ0n) is 18.6. The van der Waals surface area contributed by atoms with Gasteiger partial charge in [-0.3, -0.25) is 4.79 Å². The molecule has 164 valence electrons. The summed E-state index contributed by atoms with van der Waals surface area (Å²) in [7, 11) is 1.73. The van der Waals surface area contributed by atoms with Gasteiger partial charge in [0.05, 0.1) is 7.11 Å². The second-order valence-corrected chi connectivity index (χ2v) is 9.43. The van der Waals surface area contributed by atoms with Crippen molar-refractivity contribution < 1.29 is 24.1 Å². The fourth-order valence-corrected chi connectivity index (χ4v) is 5.47. The van der Waals surface area contributed by atoms with Crippen LogP contribution in [0.5, 0.6) is 5.75 Å². The van der Waals surface area contributed by atoms with E-state index in [1.807, 2.05) is 6.07 Å². The summed E-state index contributed by atoms with van der Waals surface area (Å²) in [5.41, 5.74) is 1.85. The summed E-state index contributed by atoms with van der Waals surface area (Å²) in [6.45, 7) is 9.62. The van der Waals surface area contributed by atoms with Crippen LogP contribution in [0, 0.1) is 12.8 Å². The number of ether oxygens (including phenoxy) is 1. The van der Waals surface area contributed by atoms with Crippen LogP contribution < -0.4 is 19.9 Å². The average Bonchev–Trinajstić information content (AvgIpc) is 2.97. The summed E-state index contributed by atoms with van der Waals surface area (Å²) in [5.74, 6) is 1.17. The Labute approximate surface area is 179 Å². The first-order chi connectivity index (χ1) is 14.4. The fourth-order valence-electron chi connectivity index (χ4n) is 5.47. The number of piperazine rings is 1. The number of quaternary nitrogens is 2. The standard InChI is InChI=1S/C23H34N4O3/c1-17-7-8-20(30-3)19(14-17)15-25-10-12-26(13-11-25)16-27-21(28)23(24-22(27)29)9-5-4-6-18(23)2/h7-8,14,18H,4-6,9-13,15-16H2,1-3H3,(H,24,29)/p+2/t18-,23+/m1/s1. The third-order valence-corrected chi connectivity index (χ3v) is 7.42. The lowest BCUT2D eigenvalue weighted by Gasteiger charge is -2.37. The molecule has 7 heteroatoms. The Morgan fingerprint density at radius 2 is 1.90 bits per heavy atom. The monoisotopic (exact) mass is 416 g/mol. The van der Waals surface area contributed by atoms with E-state index in [9.17, 15) is 9.59 Å². The Kier molecular flexibility index (Phi) is 6.02. The van der Waals surface area contributed by atoms with Crippen LogP contribution in [0.3, 0.4) is 0 Å². The maximum Gasteiger partial charge on any atom is 0.329 e. The van der Waals surface area contributed by atoms with Gasteiger partial charge >= 0.3 is 6.03 Å². The molecule has 7 nitrogen and oxygen atoms in total. The van der Waals surface area contributed by atoms with Gasteiger partial charge in [-0.05, 0) is 37.8 Å². The molecule has 3 aliphatic rings. The minimum absolute atomic E-state index is 0.00599. The van der Waals surface area contributed by atoms with Crippen molar-refractivity contribution in [1.82, 2.24) is 10.2 Å². The molecule has 2 heterocycles. The first-order valence-electron chi connectivity index (χ1n) is 11.4. The van der Waals surface area contributed by atoms with Gasteiger partial charge in [0.15, 0.2) is 6.67 Å². The van der Waals surface area contributed by atoms with E-state index in [0.717, 1.165) is 64.2 Å². The number of benzene rings is 1. The van der Waals surface area contributed by atoms with Crippen molar-refractivity contribution in [3.63, 3.8) is 0 Å². The fraction of sp³-hybridized carbons (Fsp3) is 0.652. The summed E-state index contributed by atoms with van der Waals surface area (Å²) in [6, 6.07) is 6.15. The zero-order valence-corrected chi connectivity index (χ0v) is 18.6. The van der Waals surface area contributed by atoms with Crippen molar-refractivity contribution in [1.29, 1.82) is 0 Å². The lowest BCUT2D eigenvalue weighted by Crippen LogP contribution is -3.28. The van der Waals surface area contributed by atoms with Crippen molar-refractivity contribution in [3.05, 3.63) is 29.3 Å². The average molecular weight is 417 g/mol. The molecular formula is C23H36N4O3+2. The van der Waals surface area contributed by atoms with Gasteiger partial charge in [0.25, 0.3) is 5.91 Å². The number of carbonyl (C=O) groups excluding carboxylic acids is 2. The van der Waals surface area contributed by atoms with Crippen LogP contribution in [0.2, 0.25) is 0 Å². The third kappa shape index (κ3) is 3.93. The van der Waals surface area contributed by atoms with Gasteiger partial charge in [-0.1, -0.05) is 31.4 Å². The first kappa shape index (κ1) is 21.1. The van der Waals surface area contributed by atoms with Crippen molar-refractivity contribution in [2.45, 2.75) is 51.6 Å². The number of carbonyl (C=O) groups is 2. The van der Waals surface area contributed by atoms with E-state index in [1.54, 1.807) is 7.11 Å². The topological polar surface area (TPSA) is 67.5 Å². The normalized spacial score (nSPS) is 31.8. The van der Waals surface area contributed by atoms with Crippen LogP contribution in [0.15, 0.2) is 18.2 Å². The van der Waals surface area contributed by atoms with E-state index >= 15 is 0 Å². The largest absolute Gasteiger partial charge is 0.496 e. The van der Waals surface area contributed by atoms with Gasteiger partial charge in [-0.25, -0.2) is 9.69 Å². The van der Waals surface area contributed by atoms with Gasteiger partial charge in [-0.15, -0.1) is 0 Å². The molecule has 3 N–H and O–H groups in total. The van der Waals surface area contributed by atoms with Crippen LogP contribution in [-0.4, -0.2) is 62.3 Å². The predicted molar refractivity (Wildman–Crippen MR) is 113 cm³/mol. The Bertz CT molecular complexity index is 806. The molecule has 1 aromatic rings. The van der Waals surface area contributed by atoms with Gasteiger partial charge in [-0.2, -0.15) is 0 Å². The molecule has 3 fully saturated rings. The number of rotatable bonds is 5. The molecule has 30 heavy (non-hydrogen) atoms. The lowest BCUT2D eigenvalue weighted by molar-refractivity contribution is -1.02. The molecule has 1 aromatic carbocycles. The molecular weight excluding hydrogens is 380 g/mol. The molecule has 0 unspecified atom stereocenters. The maximum atomic E-state index is 13.2. The summed E-state index contributed by atoms with van der Waals surface area (Å²) in [5, 5.41) is 3.07. The number of urea groups is 1. The number of aryl methyl sites for hydroxylation is 1. The van der Waals surface area contributed by atoms with Gasteiger partial charge < -0.3 is 19.9 Å². The van der Waals surface area contributed by atoms with Crippen LogP contribution >= 0.6 is 0 Å². The van der Waals surface area contributed by atoms with Crippen LogP contribution in [0.25, 0.3) is 0 Å². The van der Waals surface area contributed by atoms with Crippen molar-refractivity contribution >= 4 is 11.9 Å². The van der Waals surface area contributed by atoms with E-state index in [1.165, 1.54) is 25.8 Å². The number of amides is 3. The Hall–Kier alpha value is -2.12. The van der Waals surface area contributed by atoms with Crippen LogP contribution in [-0.2, 0) is 11.3 Å². The molecule has 3 amide bonds. The number of nitrogens with zero attached hydrogens (tertiary/aromatic N) is 1. The predicted octanol–water partition coefficient (Wildman–Crippen LogP) is -0.255. The first-order valence-corrected chi connectivity index (χ1v) is 11.4. The zero-order chi connectivity index (χ0) is 21.3. The lowest BCUT2D eigenvalue weighted by atomic mass is 9.73. The molecule has 1 saturated carbocycles. The summed E-state index contributed by atoms with van der Waals surface area (Å²) >= 11 is 0. The van der Waals surface area contributed by atoms with E-state index in [-0.39, 0.29) is 17.9 Å². The highest BCUT2D eigenvalue weighted by Crippen LogP contribution is 2.37. The molecule has 1 spiro atoms. The number of imide groups is 1. The van der Waals surface area contributed by atoms with E-state index in [4.69, 9.17) is 4.74 Å². The summed E-state index contributed by atoms with van der Waals surface area (Å²) in [6.07, 6.45) is 3.95. The Morgan fingerprint density at radius 3 is 2.60 bits per heavy atom. The van der Waals surface area contributed by atoms with E-state index in [0.29, 0.717) is 6.67 Å². The number of methoxy groups -OCH3 is 1. The molecule has 1 aliphatic carbocycles. The summed E-state index contributed by atoms with van der Waals surface area (Å²) in [4.78, 5) is 30.2. The minimum Gasteiger partial charge on any atom is -0.496 e. The molecule has 2 saturated heterocycles. The second kappa shape index (κ2) is 8.55. The van der Waals surface area contributed by atoms with E-state index in [2.05, 4.69) is 31.3 Å². The van der Waals surface area contributed by atoms with Gasteiger partial charge in [0.2, 0.25) is 0 Å². The molecule has 2 aliphatic heterocycles. The van der Waals surface area contributed by atoms with Crippen LogP contribution in [0.1, 0.15) is 43.7 Å². The number of hydrogen-bond acceptors (Lipinski definition) is 3. The van der Waals surface area contributed by atoms with Crippen molar-refractivity contribution in [2.75, 3.05) is 40.0 Å². The smallest absolute Gasteiger partial charge is 0.329 e. The second-order valence-electron chi connectivity index (χ2n) is 9.43. The van der Waals surface area contributed by atoms with Crippen molar-refractivity contribution in [2.24, 2.45) is 5.92 Å². The van der Waals surface area contributed by atoms with Crippen LogP contribution in [0.4, 0.5) is 4.79 Å². The third-order valence-electron chi connectivity index (χ3n) is 7.42. The number of hydrogen-bond donors (Lipinski definition) is 3. The van der Waals surface area contributed by atoms with Gasteiger partial charge in [0, 0.05) is 5.56 Å². The van der Waals surface area contributed by atoms with Crippen molar-refractivity contribution in [3.8, 4) is 5.75 Å². The molecule has 0 radical (unpaired) electrons. The highest BCUT2D eigenvalue weighted by atomic mass is 16.5. The maximum absolute atomic E-state index is 13.2. The molecule has 0 bridgehead atoms. The molecule has 2 atom stereocenters.